The van der Waals surface area contributed by atoms with Crippen LogP contribution in [-0.4, -0.2) is 54.7 Å². The van der Waals surface area contributed by atoms with Crippen molar-refractivity contribution in [2.75, 3.05) is 31.5 Å². The zero-order chi connectivity index (χ0) is 24.4. The van der Waals surface area contributed by atoms with Crippen molar-refractivity contribution in [3.8, 4) is 0 Å². The summed E-state index contributed by atoms with van der Waals surface area (Å²) in [6.07, 6.45) is 1.72. The molecule has 0 unspecified atom stereocenters. The van der Waals surface area contributed by atoms with E-state index < -0.39 is 10.0 Å². The summed E-state index contributed by atoms with van der Waals surface area (Å²) in [4.78, 5) is 19.3. The van der Waals surface area contributed by atoms with Gasteiger partial charge in [-0.05, 0) is 60.7 Å². The molecule has 4 aromatic rings. The Bertz CT molecular complexity index is 1470. The SMILES string of the molecule is O=C(c1ccc(Nc2ccnc3cc(Cl)ccc23)cc1)N1CCN(S(=O)(=O)c2ccccc2)CC1. The maximum absolute atomic E-state index is 13.0. The Labute approximate surface area is 209 Å². The molecule has 178 valence electrons. The van der Waals surface area contributed by atoms with Gasteiger partial charge in [0.1, 0.15) is 0 Å². The summed E-state index contributed by atoms with van der Waals surface area (Å²) in [6.45, 7) is 1.22. The van der Waals surface area contributed by atoms with Crippen LogP contribution in [0.25, 0.3) is 10.9 Å². The van der Waals surface area contributed by atoms with Gasteiger partial charge in [0, 0.05) is 59.7 Å². The molecule has 7 nitrogen and oxygen atoms in total. The number of hydrogen-bond acceptors (Lipinski definition) is 5. The van der Waals surface area contributed by atoms with Crippen LogP contribution in [0.15, 0.2) is 90.0 Å². The third-order valence-corrected chi connectivity index (χ3v) is 8.17. The largest absolute Gasteiger partial charge is 0.355 e. The van der Waals surface area contributed by atoms with Gasteiger partial charge in [0.25, 0.3) is 5.91 Å². The number of piperazine rings is 1. The van der Waals surface area contributed by atoms with Crippen molar-refractivity contribution in [2.24, 2.45) is 0 Å². The number of nitrogens with zero attached hydrogens (tertiary/aromatic N) is 3. The van der Waals surface area contributed by atoms with Crippen LogP contribution in [0.4, 0.5) is 11.4 Å². The van der Waals surface area contributed by atoms with E-state index in [0.717, 1.165) is 22.3 Å². The van der Waals surface area contributed by atoms with E-state index in [0.29, 0.717) is 23.7 Å². The number of aromatic nitrogens is 1. The highest BCUT2D eigenvalue weighted by Gasteiger charge is 2.30. The predicted octanol–water partition coefficient (Wildman–Crippen LogP) is 4.78. The van der Waals surface area contributed by atoms with E-state index in [1.54, 1.807) is 53.6 Å². The summed E-state index contributed by atoms with van der Waals surface area (Å²) in [5.74, 6) is -0.114. The second kappa shape index (κ2) is 9.65. The number of pyridine rings is 1. The summed E-state index contributed by atoms with van der Waals surface area (Å²) in [6, 6.07) is 23.1. The normalized spacial score (nSPS) is 14.7. The first-order valence-electron chi connectivity index (χ1n) is 11.2. The minimum Gasteiger partial charge on any atom is -0.355 e. The first kappa shape index (κ1) is 23.3. The average Bonchev–Trinajstić information content (AvgIpc) is 2.89. The summed E-state index contributed by atoms with van der Waals surface area (Å²) in [5.41, 5.74) is 3.08. The number of sulfonamides is 1. The molecule has 1 N–H and O–H groups in total. The lowest BCUT2D eigenvalue weighted by Gasteiger charge is -2.34. The highest BCUT2D eigenvalue weighted by Crippen LogP contribution is 2.27. The maximum Gasteiger partial charge on any atom is 0.253 e. The van der Waals surface area contributed by atoms with Crippen LogP contribution in [0.1, 0.15) is 10.4 Å². The zero-order valence-electron chi connectivity index (χ0n) is 18.8. The quantitative estimate of drug-likeness (QED) is 0.421. The Kier molecular flexibility index (Phi) is 6.42. The van der Waals surface area contributed by atoms with Gasteiger partial charge in [0.2, 0.25) is 10.0 Å². The molecule has 0 bridgehead atoms. The van der Waals surface area contributed by atoms with Crippen LogP contribution in [0.2, 0.25) is 5.02 Å². The number of nitrogens with one attached hydrogen (secondary N) is 1. The van der Waals surface area contributed by atoms with Crippen LogP contribution in [0, 0.1) is 0 Å². The minimum absolute atomic E-state index is 0.114. The number of amides is 1. The molecule has 9 heteroatoms. The fraction of sp³-hybridized carbons (Fsp3) is 0.154. The van der Waals surface area contributed by atoms with Crippen molar-refractivity contribution in [3.05, 3.63) is 95.6 Å². The molecule has 3 aromatic carbocycles. The Balaban J connectivity index is 1.24. The lowest BCUT2D eigenvalue weighted by Crippen LogP contribution is -2.50. The minimum atomic E-state index is -3.55. The molecule has 1 amide bonds. The predicted molar refractivity (Wildman–Crippen MR) is 138 cm³/mol. The molecule has 2 heterocycles. The average molecular weight is 507 g/mol. The number of benzene rings is 3. The maximum atomic E-state index is 13.0. The lowest BCUT2D eigenvalue weighted by atomic mass is 10.1. The molecule has 35 heavy (non-hydrogen) atoms. The molecular weight excluding hydrogens is 484 g/mol. The Morgan fingerprint density at radius 1 is 0.886 bits per heavy atom. The monoisotopic (exact) mass is 506 g/mol. The summed E-state index contributed by atoms with van der Waals surface area (Å²) < 4.78 is 27.1. The van der Waals surface area contributed by atoms with Crippen LogP contribution < -0.4 is 5.32 Å². The van der Waals surface area contributed by atoms with Gasteiger partial charge in [-0.2, -0.15) is 4.31 Å². The molecule has 0 spiro atoms. The fourth-order valence-electron chi connectivity index (χ4n) is 4.14. The molecule has 0 atom stereocenters. The van der Waals surface area contributed by atoms with E-state index >= 15 is 0 Å². The molecule has 5 rings (SSSR count). The van der Waals surface area contributed by atoms with Gasteiger partial charge in [-0.15, -0.1) is 0 Å². The third-order valence-electron chi connectivity index (χ3n) is 6.02. The van der Waals surface area contributed by atoms with E-state index in [9.17, 15) is 13.2 Å². The number of carbonyl (C=O) groups excluding carboxylic acids is 1. The highest BCUT2D eigenvalue weighted by atomic mass is 35.5. The van der Waals surface area contributed by atoms with Crippen molar-refractivity contribution in [1.82, 2.24) is 14.2 Å². The molecule has 0 radical (unpaired) electrons. The van der Waals surface area contributed by atoms with E-state index in [2.05, 4.69) is 10.3 Å². The van der Waals surface area contributed by atoms with Crippen molar-refractivity contribution >= 4 is 49.8 Å². The van der Waals surface area contributed by atoms with Gasteiger partial charge in [-0.1, -0.05) is 29.8 Å². The van der Waals surface area contributed by atoms with Gasteiger partial charge < -0.3 is 10.2 Å². The summed E-state index contributed by atoms with van der Waals surface area (Å²) in [5, 5.41) is 4.94. The number of carbonyl (C=O) groups is 1. The molecule has 0 saturated carbocycles. The number of hydrogen-bond donors (Lipinski definition) is 1. The van der Waals surface area contributed by atoms with E-state index in [1.807, 2.05) is 36.4 Å². The van der Waals surface area contributed by atoms with Gasteiger partial charge >= 0.3 is 0 Å². The van der Waals surface area contributed by atoms with Crippen molar-refractivity contribution in [2.45, 2.75) is 4.90 Å². The molecule has 1 aliphatic rings. The first-order valence-corrected chi connectivity index (χ1v) is 13.0. The second-order valence-corrected chi connectivity index (χ2v) is 10.6. The third kappa shape index (κ3) is 4.86. The second-order valence-electron chi connectivity index (χ2n) is 8.23. The smallest absolute Gasteiger partial charge is 0.253 e. The number of fused-ring (bicyclic) bond motifs is 1. The van der Waals surface area contributed by atoms with E-state index in [4.69, 9.17) is 11.6 Å². The standard InChI is InChI=1S/C26H23ClN4O3S/c27-20-8-11-23-24(12-13-28-25(23)18-20)29-21-9-6-19(7-10-21)26(32)30-14-16-31(17-15-30)35(33,34)22-4-2-1-3-5-22/h1-13,18H,14-17H2,(H,28,29). The highest BCUT2D eigenvalue weighted by molar-refractivity contribution is 7.89. The number of halogens is 1. The van der Waals surface area contributed by atoms with Crippen LogP contribution >= 0.6 is 11.6 Å². The summed E-state index contributed by atoms with van der Waals surface area (Å²) in [7, 11) is -3.55. The molecule has 1 fully saturated rings. The van der Waals surface area contributed by atoms with Crippen molar-refractivity contribution < 1.29 is 13.2 Å². The van der Waals surface area contributed by atoms with Gasteiger partial charge in [0.15, 0.2) is 0 Å². The molecule has 1 aromatic heterocycles. The van der Waals surface area contributed by atoms with Crippen LogP contribution in [0.5, 0.6) is 0 Å². The van der Waals surface area contributed by atoms with Gasteiger partial charge in [0.05, 0.1) is 10.4 Å². The van der Waals surface area contributed by atoms with Crippen molar-refractivity contribution in [1.29, 1.82) is 0 Å². The van der Waals surface area contributed by atoms with E-state index in [1.165, 1.54) is 4.31 Å². The first-order chi connectivity index (χ1) is 16.9. The Morgan fingerprint density at radius 3 is 2.31 bits per heavy atom. The Hall–Kier alpha value is -3.46. The zero-order valence-corrected chi connectivity index (χ0v) is 20.3. The Morgan fingerprint density at radius 2 is 1.60 bits per heavy atom. The van der Waals surface area contributed by atoms with Gasteiger partial charge in [-0.25, -0.2) is 8.42 Å². The molecule has 1 aliphatic heterocycles. The summed E-state index contributed by atoms with van der Waals surface area (Å²) >= 11 is 6.07. The van der Waals surface area contributed by atoms with E-state index in [-0.39, 0.29) is 23.9 Å². The molecule has 1 saturated heterocycles. The fourth-order valence-corrected chi connectivity index (χ4v) is 5.75. The number of rotatable bonds is 5. The number of anilines is 2. The van der Waals surface area contributed by atoms with Crippen LogP contribution in [-0.2, 0) is 10.0 Å². The topological polar surface area (TPSA) is 82.6 Å². The van der Waals surface area contributed by atoms with Crippen molar-refractivity contribution in [3.63, 3.8) is 0 Å². The lowest BCUT2D eigenvalue weighted by molar-refractivity contribution is 0.0698. The molecule has 0 aliphatic carbocycles. The van der Waals surface area contributed by atoms with Crippen LogP contribution in [0.3, 0.4) is 0 Å². The molecular formula is C26H23ClN4O3S. The van der Waals surface area contributed by atoms with Gasteiger partial charge in [-0.3, -0.25) is 9.78 Å².